The van der Waals surface area contributed by atoms with Crippen LogP contribution in [0.2, 0.25) is 0 Å². The first-order valence-corrected chi connectivity index (χ1v) is 23.1. The highest BCUT2D eigenvalue weighted by atomic mass is 32.2. The van der Waals surface area contributed by atoms with Gasteiger partial charge in [-0.1, -0.05) is 116 Å². The predicted molar refractivity (Wildman–Crippen MR) is 214 cm³/mol. The van der Waals surface area contributed by atoms with E-state index in [1.54, 1.807) is 6.08 Å². The van der Waals surface area contributed by atoms with E-state index in [1.807, 2.05) is 6.08 Å². The third kappa shape index (κ3) is 38.7. The van der Waals surface area contributed by atoms with Crippen molar-refractivity contribution in [3.05, 3.63) is 12.2 Å². The van der Waals surface area contributed by atoms with E-state index in [2.05, 4.69) is 24.5 Å². The quantitative estimate of drug-likeness (QED) is 0.0260. The molecule has 0 aromatic carbocycles. The van der Waals surface area contributed by atoms with Crippen LogP contribution in [0.5, 0.6) is 0 Å². The molecule has 0 aliphatic rings. The van der Waals surface area contributed by atoms with Crippen LogP contribution in [0.15, 0.2) is 12.2 Å². The number of nitrogens with two attached hydrogens (primary N) is 1. The molecule has 2 amide bonds. The fourth-order valence-corrected chi connectivity index (χ4v) is 6.60. The van der Waals surface area contributed by atoms with Crippen molar-refractivity contribution in [2.75, 3.05) is 77.1 Å². The van der Waals surface area contributed by atoms with Crippen LogP contribution in [0, 0.1) is 0 Å². The van der Waals surface area contributed by atoms with Crippen LogP contribution >= 0.6 is 19.4 Å². The molecule has 0 aliphatic carbocycles. The molecule has 0 heterocycles. The molecule has 308 valence electrons. The van der Waals surface area contributed by atoms with Crippen LogP contribution in [0.3, 0.4) is 0 Å². The molecule has 0 bridgehead atoms. The predicted octanol–water partition coefficient (Wildman–Crippen LogP) is 6.51. The Morgan fingerprint density at radius 1 is 0.692 bits per heavy atom. The number of amides is 2. The minimum absolute atomic E-state index is 0.0213. The Morgan fingerprint density at radius 2 is 1.21 bits per heavy atom. The molecule has 0 saturated heterocycles. The van der Waals surface area contributed by atoms with Crippen LogP contribution in [0.1, 0.15) is 129 Å². The van der Waals surface area contributed by atoms with Gasteiger partial charge in [0.05, 0.1) is 64.5 Å². The van der Waals surface area contributed by atoms with E-state index in [0.717, 1.165) is 25.7 Å². The van der Waals surface area contributed by atoms with Gasteiger partial charge < -0.3 is 45.1 Å². The molecule has 14 heteroatoms. The number of carbonyl (C=O) groups excluding carboxylic acids is 2. The highest BCUT2D eigenvalue weighted by Crippen LogP contribution is 2.33. The van der Waals surface area contributed by atoms with Gasteiger partial charge in [0.2, 0.25) is 11.8 Å². The van der Waals surface area contributed by atoms with Gasteiger partial charge in [-0.25, -0.2) is 0 Å². The van der Waals surface area contributed by atoms with Crippen LogP contribution in [-0.4, -0.2) is 111 Å². The second-order valence-corrected chi connectivity index (χ2v) is 16.3. The smallest absolute Gasteiger partial charge is 0.327 e. The maximum Gasteiger partial charge on any atom is 0.327 e. The van der Waals surface area contributed by atoms with Crippen LogP contribution in [-0.2, 0) is 33.1 Å². The average molecular weight is 782 g/mol. The van der Waals surface area contributed by atoms with Gasteiger partial charge in [-0.2, -0.15) is 11.8 Å². The van der Waals surface area contributed by atoms with Crippen molar-refractivity contribution < 1.29 is 42.9 Å². The molecular formula is C38H76N3O9PS. The van der Waals surface area contributed by atoms with E-state index >= 15 is 0 Å². The van der Waals surface area contributed by atoms with Crippen LogP contribution in [0.25, 0.3) is 0 Å². The van der Waals surface area contributed by atoms with Gasteiger partial charge in [0.25, 0.3) is 0 Å². The van der Waals surface area contributed by atoms with Gasteiger partial charge >= 0.3 is 7.60 Å². The van der Waals surface area contributed by atoms with Gasteiger partial charge in [-0.05, 0) is 25.3 Å². The van der Waals surface area contributed by atoms with Crippen molar-refractivity contribution in [3.8, 4) is 0 Å². The fraction of sp³-hybridized carbons (Fsp3) is 0.895. The minimum atomic E-state index is -4.04. The topological polar surface area (TPSA) is 179 Å². The zero-order valence-corrected chi connectivity index (χ0v) is 34.4. The van der Waals surface area contributed by atoms with E-state index in [-0.39, 0.29) is 37.2 Å². The molecule has 0 aliphatic heterocycles. The van der Waals surface area contributed by atoms with E-state index in [1.165, 1.54) is 102 Å². The molecule has 2 atom stereocenters. The SMILES string of the molecule is CCCCCCCCCC=CC(=O)N[C@H](COCCCCCCCCCCCC)CSC[C@H](N)C(=O)NCCOCCOCCOCCP(=O)(O)O. The first-order valence-electron chi connectivity index (χ1n) is 20.1. The largest absolute Gasteiger partial charge is 0.379 e. The molecular weight excluding hydrogens is 705 g/mol. The van der Waals surface area contributed by atoms with E-state index in [4.69, 9.17) is 34.5 Å². The number of nitrogens with one attached hydrogen (secondary N) is 2. The molecule has 6 N–H and O–H groups in total. The standard InChI is InChI=1S/C38H76N3O9PS/c1-3-5-7-9-11-13-15-17-19-21-24-50-32-35(41-37(42)22-20-18-16-14-12-10-8-6-4-2)33-52-34-36(39)38(43)40-23-25-47-26-27-48-28-29-49-30-31-51(44,45)46/h20,22,35-36H,3-19,21,23-34,39H2,1-2H3,(H,40,43)(H,41,42)(H2,44,45,46)/t35-,36+/m1/s1. The molecule has 12 nitrogen and oxygen atoms in total. The molecule has 0 aromatic rings. The summed E-state index contributed by atoms with van der Waals surface area (Å²) < 4.78 is 32.6. The summed E-state index contributed by atoms with van der Waals surface area (Å²) in [5, 5.41) is 5.88. The molecule has 0 aromatic heterocycles. The van der Waals surface area contributed by atoms with Gasteiger partial charge in [-0.15, -0.1) is 0 Å². The van der Waals surface area contributed by atoms with E-state index in [0.29, 0.717) is 57.7 Å². The van der Waals surface area contributed by atoms with Crippen molar-refractivity contribution in [2.45, 2.75) is 142 Å². The van der Waals surface area contributed by atoms with Crippen LogP contribution < -0.4 is 16.4 Å². The molecule has 0 saturated carbocycles. The minimum Gasteiger partial charge on any atom is -0.379 e. The summed E-state index contributed by atoms with van der Waals surface area (Å²) in [5.41, 5.74) is 6.14. The lowest BCUT2D eigenvalue weighted by molar-refractivity contribution is -0.122. The van der Waals surface area contributed by atoms with Crippen molar-refractivity contribution in [2.24, 2.45) is 5.73 Å². The number of allylic oxidation sites excluding steroid dienone is 1. The second kappa shape index (κ2) is 38.3. The summed E-state index contributed by atoms with van der Waals surface area (Å²) in [5.74, 6) is 0.630. The Balaban J connectivity index is 4.31. The third-order valence-corrected chi connectivity index (χ3v) is 10.3. The third-order valence-electron chi connectivity index (χ3n) is 8.32. The zero-order chi connectivity index (χ0) is 38.4. The second-order valence-electron chi connectivity index (χ2n) is 13.4. The Kier molecular flexibility index (Phi) is 37.5. The van der Waals surface area contributed by atoms with E-state index in [9.17, 15) is 14.2 Å². The highest BCUT2D eigenvalue weighted by molar-refractivity contribution is 7.99. The normalized spacial score (nSPS) is 13.1. The van der Waals surface area contributed by atoms with Gasteiger partial charge in [0.1, 0.15) is 0 Å². The maximum atomic E-state index is 12.7. The maximum absolute atomic E-state index is 12.7. The van der Waals surface area contributed by atoms with Crippen molar-refractivity contribution in [1.82, 2.24) is 10.6 Å². The van der Waals surface area contributed by atoms with Gasteiger partial charge in [-0.3, -0.25) is 14.2 Å². The summed E-state index contributed by atoms with van der Waals surface area (Å²) >= 11 is 1.53. The number of ether oxygens (including phenoxy) is 4. The molecule has 0 rings (SSSR count). The number of carbonyl (C=O) groups is 2. The lowest BCUT2D eigenvalue weighted by atomic mass is 10.1. The molecule has 0 radical (unpaired) electrons. The number of unbranched alkanes of at least 4 members (excludes halogenated alkanes) is 16. The average Bonchev–Trinajstić information content (AvgIpc) is 3.11. The Hall–Kier alpha value is -1.02. The van der Waals surface area contributed by atoms with E-state index < -0.39 is 13.6 Å². The molecule has 0 spiro atoms. The first kappa shape index (κ1) is 51.0. The Bertz CT molecular complexity index is 898. The fourth-order valence-electron chi connectivity index (χ4n) is 5.22. The molecule has 0 unspecified atom stereocenters. The number of rotatable bonds is 40. The Labute approximate surface area is 320 Å². The Morgan fingerprint density at radius 3 is 1.79 bits per heavy atom. The lowest BCUT2D eigenvalue weighted by Gasteiger charge is -2.19. The lowest BCUT2D eigenvalue weighted by Crippen LogP contribution is -2.44. The highest BCUT2D eigenvalue weighted by Gasteiger charge is 2.16. The summed E-state index contributed by atoms with van der Waals surface area (Å²) in [7, 11) is -4.04. The summed E-state index contributed by atoms with van der Waals surface area (Å²) in [4.78, 5) is 42.7. The summed E-state index contributed by atoms with van der Waals surface area (Å²) in [6, 6.07) is -0.870. The van der Waals surface area contributed by atoms with Crippen LogP contribution in [0.4, 0.5) is 0 Å². The number of hydrogen-bond acceptors (Lipinski definition) is 9. The van der Waals surface area contributed by atoms with Gasteiger partial charge in [0.15, 0.2) is 0 Å². The first-order chi connectivity index (χ1) is 25.2. The van der Waals surface area contributed by atoms with Crippen molar-refractivity contribution in [3.63, 3.8) is 0 Å². The van der Waals surface area contributed by atoms with Crippen molar-refractivity contribution >= 4 is 31.2 Å². The van der Waals surface area contributed by atoms with Gasteiger partial charge in [0, 0.05) is 24.7 Å². The summed E-state index contributed by atoms with van der Waals surface area (Å²) in [6.07, 6.45) is 25.6. The monoisotopic (exact) mass is 782 g/mol. The number of thioether (sulfide) groups is 1. The molecule has 52 heavy (non-hydrogen) atoms. The molecule has 0 fully saturated rings. The van der Waals surface area contributed by atoms with Crippen molar-refractivity contribution in [1.29, 1.82) is 0 Å². The zero-order valence-electron chi connectivity index (χ0n) is 32.7. The summed E-state index contributed by atoms with van der Waals surface area (Å²) in [6.45, 7) is 7.38. The number of hydrogen-bond donors (Lipinski definition) is 5.